The second-order valence-corrected chi connectivity index (χ2v) is 5.24. The van der Waals surface area contributed by atoms with Gasteiger partial charge in [-0.25, -0.2) is 0 Å². The predicted molar refractivity (Wildman–Crippen MR) is 47.3 cm³/mol. The normalized spacial score (nSPS) is 8.67. The number of hydrogen-bond donors (Lipinski definition) is 0. The molecule has 4 heteroatoms. The molecule has 0 fully saturated rings. The third-order valence-electron chi connectivity index (χ3n) is 0.664. The fourth-order valence-electron chi connectivity index (χ4n) is 0.0962. The minimum Gasteiger partial charge on any atom is -0.400 e. The summed E-state index contributed by atoms with van der Waals surface area (Å²) < 4.78 is 9.63. The van der Waals surface area contributed by atoms with Gasteiger partial charge in [-0.3, -0.25) is 0 Å². The fraction of sp³-hybridized carbons (Fsp3) is 1.00. The van der Waals surface area contributed by atoms with Crippen LogP contribution in [0.5, 0.6) is 0 Å². The van der Waals surface area contributed by atoms with Crippen LogP contribution in [0.3, 0.4) is 0 Å². The van der Waals surface area contributed by atoms with Crippen molar-refractivity contribution < 1.29 is 8.85 Å². The molecule has 0 aromatic heterocycles. The van der Waals surface area contributed by atoms with E-state index < -0.39 is 9.28 Å². The quantitative estimate of drug-likeness (QED) is 0.552. The summed E-state index contributed by atoms with van der Waals surface area (Å²) >= 11 is 0. The maximum atomic E-state index is 4.82. The second kappa shape index (κ2) is 11.2. The molecule has 0 radical (unpaired) electrons. The van der Waals surface area contributed by atoms with Gasteiger partial charge in [-0.15, -0.1) is 0 Å². The van der Waals surface area contributed by atoms with Gasteiger partial charge in [0.05, 0.1) is 0 Å². The lowest BCUT2D eigenvalue weighted by molar-refractivity contribution is 0.285. The van der Waals surface area contributed by atoms with E-state index >= 15 is 0 Å². The molecule has 0 spiro atoms. The lowest BCUT2D eigenvalue weighted by Crippen LogP contribution is -2.12. The topological polar surface area (TPSA) is 18.5 Å². The smallest absolute Gasteiger partial charge is 0.317 e. The van der Waals surface area contributed by atoms with Crippen molar-refractivity contribution in [3.8, 4) is 0 Å². The van der Waals surface area contributed by atoms with Gasteiger partial charge < -0.3 is 8.85 Å². The highest BCUT2D eigenvalue weighted by Crippen LogP contribution is 1.77. The molecule has 58 valence electrons. The lowest BCUT2D eigenvalue weighted by atomic mass is 11.8. The van der Waals surface area contributed by atoms with E-state index in [1.165, 1.54) is 0 Å². The van der Waals surface area contributed by atoms with Crippen molar-refractivity contribution in [3.63, 3.8) is 0 Å². The summed E-state index contributed by atoms with van der Waals surface area (Å²) in [5.74, 6) is 0. The molecule has 0 aromatic carbocycles. The molecule has 0 heterocycles. The molecule has 0 rings (SSSR count). The van der Waals surface area contributed by atoms with Crippen LogP contribution in [0.2, 0.25) is 19.6 Å². The van der Waals surface area contributed by atoms with Crippen LogP contribution in [0, 0.1) is 0 Å². The van der Waals surface area contributed by atoms with Crippen LogP contribution >= 0.6 is 0 Å². The van der Waals surface area contributed by atoms with Crippen molar-refractivity contribution in [2.75, 3.05) is 14.2 Å². The first-order valence-electron chi connectivity index (χ1n) is 3.28. The molecular formula is C5H18O2Si2. The Morgan fingerprint density at radius 2 is 1.33 bits per heavy atom. The van der Waals surface area contributed by atoms with Crippen molar-refractivity contribution in [2.24, 2.45) is 0 Å². The van der Waals surface area contributed by atoms with E-state index in [2.05, 4.69) is 13.1 Å². The third kappa shape index (κ3) is 17.8. The first-order valence-corrected chi connectivity index (χ1v) is 8.21. The molecule has 0 aliphatic carbocycles. The zero-order valence-corrected chi connectivity index (χ0v) is 9.67. The molecule has 2 nitrogen and oxygen atoms in total. The monoisotopic (exact) mass is 166 g/mol. The summed E-state index contributed by atoms with van der Waals surface area (Å²) in [7, 11) is 2.59. The van der Waals surface area contributed by atoms with Gasteiger partial charge in [-0.05, 0) is 6.55 Å². The van der Waals surface area contributed by atoms with Crippen LogP contribution in [-0.4, -0.2) is 33.0 Å². The molecule has 0 N–H and O–H groups in total. The summed E-state index contributed by atoms with van der Waals surface area (Å²) in [6, 6.07) is 0. The summed E-state index contributed by atoms with van der Waals surface area (Å²) in [6.45, 7) is 6.50. The van der Waals surface area contributed by atoms with Gasteiger partial charge in [0.15, 0.2) is 0 Å². The SMILES string of the molecule is CO[SiH](C)OC.C[SiH2]C. The third-order valence-corrected chi connectivity index (χ3v) is 1.99. The van der Waals surface area contributed by atoms with E-state index in [9.17, 15) is 0 Å². The Morgan fingerprint density at radius 1 is 1.11 bits per heavy atom. The fourth-order valence-corrected chi connectivity index (χ4v) is 0.289. The molecule has 0 unspecified atom stereocenters. The van der Waals surface area contributed by atoms with Gasteiger partial charge in [-0.2, -0.15) is 0 Å². The van der Waals surface area contributed by atoms with Crippen molar-refractivity contribution >= 4 is 18.8 Å². The Morgan fingerprint density at radius 3 is 1.33 bits per heavy atom. The second-order valence-electron chi connectivity index (χ2n) is 1.75. The molecule has 0 amide bonds. The molecule has 0 aliphatic rings. The molecule has 0 aliphatic heterocycles. The van der Waals surface area contributed by atoms with Crippen LogP contribution in [0.4, 0.5) is 0 Å². The van der Waals surface area contributed by atoms with E-state index in [0.29, 0.717) is 9.52 Å². The van der Waals surface area contributed by atoms with Crippen molar-refractivity contribution in [1.29, 1.82) is 0 Å². The summed E-state index contributed by atoms with van der Waals surface area (Å²) in [6.07, 6.45) is 0. The minimum atomic E-state index is -1.16. The largest absolute Gasteiger partial charge is 0.400 e. The first-order chi connectivity index (χ1) is 4.22. The maximum Gasteiger partial charge on any atom is 0.317 e. The molecular weight excluding hydrogens is 148 g/mol. The summed E-state index contributed by atoms with van der Waals surface area (Å²) in [4.78, 5) is 0. The van der Waals surface area contributed by atoms with Crippen LogP contribution in [0.15, 0.2) is 0 Å². The number of hydrogen-bond acceptors (Lipinski definition) is 2. The van der Waals surface area contributed by atoms with Crippen molar-refractivity contribution in [1.82, 2.24) is 0 Å². The highest BCUT2D eigenvalue weighted by atomic mass is 28.3. The van der Waals surface area contributed by atoms with Crippen LogP contribution < -0.4 is 0 Å². The van der Waals surface area contributed by atoms with Crippen LogP contribution in [-0.2, 0) is 8.85 Å². The zero-order chi connectivity index (χ0) is 7.70. The van der Waals surface area contributed by atoms with E-state index in [0.717, 1.165) is 0 Å². The minimum absolute atomic E-state index is 0.417. The van der Waals surface area contributed by atoms with Gasteiger partial charge in [0, 0.05) is 23.7 Å². The highest BCUT2D eigenvalue weighted by Gasteiger charge is 1.94. The van der Waals surface area contributed by atoms with Crippen LogP contribution in [0.25, 0.3) is 0 Å². The summed E-state index contributed by atoms with van der Waals surface area (Å²) in [5, 5.41) is 0. The van der Waals surface area contributed by atoms with E-state index in [4.69, 9.17) is 8.85 Å². The van der Waals surface area contributed by atoms with Gasteiger partial charge in [0.1, 0.15) is 0 Å². The Balaban J connectivity index is 0. The Hall–Kier alpha value is 0.354. The van der Waals surface area contributed by atoms with E-state index in [1.54, 1.807) is 14.2 Å². The molecule has 9 heavy (non-hydrogen) atoms. The average Bonchev–Trinajstić information content (AvgIpc) is 1.88. The Bertz CT molecular complexity index is 39.9. The van der Waals surface area contributed by atoms with Crippen molar-refractivity contribution in [3.05, 3.63) is 0 Å². The predicted octanol–water partition coefficient (Wildman–Crippen LogP) is 0.381. The van der Waals surface area contributed by atoms with Gasteiger partial charge >= 0.3 is 9.28 Å². The maximum absolute atomic E-state index is 4.82. The molecule has 0 aromatic rings. The molecule has 0 atom stereocenters. The van der Waals surface area contributed by atoms with E-state index in [-0.39, 0.29) is 0 Å². The van der Waals surface area contributed by atoms with Crippen LogP contribution in [0.1, 0.15) is 0 Å². The number of rotatable bonds is 2. The Kier molecular flexibility index (Phi) is 15.0. The van der Waals surface area contributed by atoms with Crippen molar-refractivity contribution in [2.45, 2.75) is 19.6 Å². The zero-order valence-electron chi connectivity index (χ0n) is 7.10. The molecule has 0 saturated carbocycles. The Labute approximate surface area is 62.2 Å². The average molecular weight is 166 g/mol. The van der Waals surface area contributed by atoms with Gasteiger partial charge in [0.25, 0.3) is 0 Å². The first kappa shape index (κ1) is 12.1. The van der Waals surface area contributed by atoms with E-state index in [1.807, 2.05) is 6.55 Å². The summed E-state index contributed by atoms with van der Waals surface area (Å²) in [5.41, 5.74) is 0. The standard InChI is InChI=1S/C3H10O2Si.C2H8Si/c1-4-6(3)5-2;1-3-2/h6H,1-3H3;3H2,1-2H3. The molecule has 0 bridgehead atoms. The van der Waals surface area contributed by atoms with Gasteiger partial charge in [0.2, 0.25) is 0 Å². The molecule has 0 saturated heterocycles. The lowest BCUT2D eigenvalue weighted by Gasteiger charge is -2.00. The van der Waals surface area contributed by atoms with Gasteiger partial charge in [-0.1, -0.05) is 13.1 Å². The highest BCUT2D eigenvalue weighted by molar-refractivity contribution is 6.42.